The number of nitro benzene ring substituents is 1. The molecule has 0 aromatic heterocycles. The molecule has 2 aromatic carbocycles. The second kappa shape index (κ2) is 9.29. The Morgan fingerprint density at radius 1 is 1.13 bits per heavy atom. The zero-order valence-corrected chi connectivity index (χ0v) is 18.9. The number of nitrogens with zero attached hydrogens (tertiary/aromatic N) is 4. The van der Waals surface area contributed by atoms with Crippen molar-refractivity contribution in [1.82, 2.24) is 0 Å². The van der Waals surface area contributed by atoms with Crippen LogP contribution in [0.15, 0.2) is 52.7 Å². The van der Waals surface area contributed by atoms with Gasteiger partial charge in [0.05, 0.1) is 23.3 Å². The van der Waals surface area contributed by atoms with Crippen LogP contribution in [0.5, 0.6) is 5.75 Å². The molecular formula is C24H30N4O3. The van der Waals surface area contributed by atoms with Crippen molar-refractivity contribution >= 4 is 28.3 Å². The molecule has 0 radical (unpaired) electrons. The summed E-state index contributed by atoms with van der Waals surface area (Å²) in [6, 6.07) is 10.1. The molecule has 1 aliphatic rings. The van der Waals surface area contributed by atoms with Gasteiger partial charge in [-0.1, -0.05) is 25.8 Å². The standard InChI is InChI=1S/C24H30N4O3/c1-6-7-8-13-27-22-15-23(31-5)21(14-20(22)17(2)16-24(27,3)4)26-25-18-9-11-19(12-10-18)28(29)30/h9-12,14-16H,6-8,13H2,1-5H3/b26-25+. The van der Waals surface area contributed by atoms with Crippen molar-refractivity contribution in [3.05, 3.63) is 58.2 Å². The zero-order valence-electron chi connectivity index (χ0n) is 18.9. The second-order valence-electron chi connectivity index (χ2n) is 8.35. The average Bonchev–Trinajstić information content (AvgIpc) is 2.74. The summed E-state index contributed by atoms with van der Waals surface area (Å²) >= 11 is 0. The lowest BCUT2D eigenvalue weighted by Crippen LogP contribution is -2.45. The minimum Gasteiger partial charge on any atom is -0.494 e. The summed E-state index contributed by atoms with van der Waals surface area (Å²) in [7, 11) is 1.63. The molecule has 1 aliphatic heterocycles. The Morgan fingerprint density at radius 3 is 2.45 bits per heavy atom. The lowest BCUT2D eigenvalue weighted by Gasteiger charge is -2.43. The molecule has 1 heterocycles. The molecule has 2 aromatic rings. The number of anilines is 1. The molecule has 0 unspecified atom stereocenters. The van der Waals surface area contributed by atoms with Crippen LogP contribution in [-0.2, 0) is 0 Å². The number of nitro groups is 1. The van der Waals surface area contributed by atoms with E-state index in [4.69, 9.17) is 4.74 Å². The predicted molar refractivity (Wildman–Crippen MR) is 125 cm³/mol. The highest BCUT2D eigenvalue weighted by atomic mass is 16.6. The molecule has 164 valence electrons. The summed E-state index contributed by atoms with van der Waals surface area (Å²) in [5, 5.41) is 19.5. The van der Waals surface area contributed by atoms with Gasteiger partial charge in [0.25, 0.3) is 5.69 Å². The number of unbranched alkanes of at least 4 members (excludes halogenated alkanes) is 2. The van der Waals surface area contributed by atoms with E-state index in [1.165, 1.54) is 30.5 Å². The van der Waals surface area contributed by atoms with Gasteiger partial charge >= 0.3 is 0 Å². The third-order valence-electron chi connectivity index (χ3n) is 5.60. The number of hydrogen-bond acceptors (Lipinski definition) is 6. The Bertz CT molecular complexity index is 1010. The van der Waals surface area contributed by atoms with Crippen LogP contribution >= 0.6 is 0 Å². The number of rotatable bonds is 8. The number of methoxy groups -OCH3 is 1. The smallest absolute Gasteiger partial charge is 0.269 e. The van der Waals surface area contributed by atoms with E-state index in [-0.39, 0.29) is 11.2 Å². The first-order valence-corrected chi connectivity index (χ1v) is 10.6. The Kier molecular flexibility index (Phi) is 6.73. The Labute approximate surface area is 183 Å². The summed E-state index contributed by atoms with van der Waals surface area (Å²) < 4.78 is 5.64. The summed E-state index contributed by atoms with van der Waals surface area (Å²) in [4.78, 5) is 12.8. The van der Waals surface area contributed by atoms with Gasteiger partial charge in [-0.15, -0.1) is 5.11 Å². The van der Waals surface area contributed by atoms with E-state index in [9.17, 15) is 10.1 Å². The van der Waals surface area contributed by atoms with E-state index in [1.807, 2.05) is 12.1 Å². The monoisotopic (exact) mass is 422 g/mol. The van der Waals surface area contributed by atoms with Gasteiger partial charge in [0, 0.05) is 36.0 Å². The van der Waals surface area contributed by atoms with Crippen LogP contribution in [0.25, 0.3) is 5.57 Å². The topological polar surface area (TPSA) is 80.3 Å². The van der Waals surface area contributed by atoms with E-state index in [2.05, 4.69) is 48.9 Å². The fourth-order valence-corrected chi connectivity index (χ4v) is 4.02. The van der Waals surface area contributed by atoms with E-state index < -0.39 is 4.92 Å². The van der Waals surface area contributed by atoms with Crippen molar-refractivity contribution < 1.29 is 9.66 Å². The number of non-ortho nitro benzene ring substituents is 1. The number of ether oxygens (including phenoxy) is 1. The van der Waals surface area contributed by atoms with Crippen molar-refractivity contribution in [1.29, 1.82) is 0 Å². The van der Waals surface area contributed by atoms with Gasteiger partial charge in [0.2, 0.25) is 0 Å². The highest BCUT2D eigenvalue weighted by Gasteiger charge is 2.32. The second-order valence-corrected chi connectivity index (χ2v) is 8.35. The highest BCUT2D eigenvalue weighted by Crippen LogP contribution is 2.45. The molecule has 0 atom stereocenters. The molecule has 0 aliphatic carbocycles. The molecule has 0 fully saturated rings. The van der Waals surface area contributed by atoms with Crippen LogP contribution in [0, 0.1) is 10.1 Å². The SMILES string of the molecule is CCCCCN1c2cc(OC)c(/N=N/c3ccc([N+](=O)[O-])cc3)cc2C(C)=CC1(C)C. The fourth-order valence-electron chi connectivity index (χ4n) is 4.02. The molecule has 0 amide bonds. The van der Waals surface area contributed by atoms with Crippen molar-refractivity contribution in [2.75, 3.05) is 18.6 Å². The predicted octanol–water partition coefficient (Wildman–Crippen LogP) is 7.21. The maximum Gasteiger partial charge on any atom is 0.269 e. The lowest BCUT2D eigenvalue weighted by atomic mass is 9.88. The quantitative estimate of drug-likeness (QED) is 0.195. The average molecular weight is 423 g/mol. The molecule has 0 spiro atoms. The van der Waals surface area contributed by atoms with E-state index in [0.29, 0.717) is 17.1 Å². The van der Waals surface area contributed by atoms with E-state index in [1.54, 1.807) is 19.2 Å². The van der Waals surface area contributed by atoms with Gasteiger partial charge in [-0.3, -0.25) is 10.1 Å². The maximum atomic E-state index is 10.8. The molecule has 7 heteroatoms. The van der Waals surface area contributed by atoms with E-state index >= 15 is 0 Å². The first kappa shape index (κ1) is 22.5. The first-order chi connectivity index (χ1) is 14.8. The van der Waals surface area contributed by atoms with Gasteiger partial charge < -0.3 is 9.64 Å². The van der Waals surface area contributed by atoms with E-state index in [0.717, 1.165) is 24.2 Å². The molecule has 0 saturated heterocycles. The van der Waals surface area contributed by atoms with Crippen molar-refractivity contribution in [3.8, 4) is 5.75 Å². The van der Waals surface area contributed by atoms with Crippen molar-refractivity contribution in [3.63, 3.8) is 0 Å². The minimum absolute atomic E-state index is 0.0249. The van der Waals surface area contributed by atoms with Crippen molar-refractivity contribution in [2.24, 2.45) is 10.2 Å². The third kappa shape index (κ3) is 4.93. The van der Waals surface area contributed by atoms with Crippen LogP contribution in [0.2, 0.25) is 0 Å². The van der Waals surface area contributed by atoms with Crippen LogP contribution in [0.4, 0.5) is 22.7 Å². The number of fused-ring (bicyclic) bond motifs is 1. The van der Waals surface area contributed by atoms with Gasteiger partial charge in [0.15, 0.2) is 0 Å². The Morgan fingerprint density at radius 2 is 1.84 bits per heavy atom. The van der Waals surface area contributed by atoms with Crippen LogP contribution in [0.3, 0.4) is 0 Å². The first-order valence-electron chi connectivity index (χ1n) is 10.6. The van der Waals surface area contributed by atoms with Crippen molar-refractivity contribution in [2.45, 2.75) is 52.5 Å². The van der Waals surface area contributed by atoms with Crippen LogP contribution < -0.4 is 9.64 Å². The van der Waals surface area contributed by atoms with Crippen LogP contribution in [-0.4, -0.2) is 24.1 Å². The lowest BCUT2D eigenvalue weighted by molar-refractivity contribution is -0.384. The normalized spacial score (nSPS) is 15.0. The van der Waals surface area contributed by atoms with Gasteiger partial charge in [-0.2, -0.15) is 5.11 Å². The molecule has 31 heavy (non-hydrogen) atoms. The number of allylic oxidation sites excluding steroid dienone is 1. The largest absolute Gasteiger partial charge is 0.494 e. The summed E-state index contributed by atoms with van der Waals surface area (Å²) in [5.74, 6) is 0.649. The molecular weight excluding hydrogens is 392 g/mol. The van der Waals surface area contributed by atoms with Gasteiger partial charge in [-0.05, 0) is 51.0 Å². The Hall–Kier alpha value is -3.22. The summed E-state index contributed by atoms with van der Waals surface area (Å²) in [5.41, 5.74) is 4.57. The summed E-state index contributed by atoms with van der Waals surface area (Å²) in [6.07, 6.45) is 5.81. The molecule has 7 nitrogen and oxygen atoms in total. The molecule has 0 saturated carbocycles. The van der Waals surface area contributed by atoms with Crippen LogP contribution in [0.1, 0.15) is 52.5 Å². The van der Waals surface area contributed by atoms with Gasteiger partial charge in [-0.25, -0.2) is 0 Å². The fraction of sp³-hybridized carbons (Fsp3) is 0.417. The Balaban J connectivity index is 1.97. The third-order valence-corrected chi connectivity index (χ3v) is 5.60. The number of azo groups is 1. The minimum atomic E-state index is -0.434. The maximum absolute atomic E-state index is 10.8. The number of hydrogen-bond donors (Lipinski definition) is 0. The molecule has 0 bridgehead atoms. The number of benzene rings is 2. The summed E-state index contributed by atoms with van der Waals surface area (Å²) in [6.45, 7) is 9.78. The highest BCUT2D eigenvalue weighted by molar-refractivity contribution is 5.85. The molecule has 3 rings (SSSR count). The molecule has 0 N–H and O–H groups in total. The zero-order chi connectivity index (χ0) is 22.6. The van der Waals surface area contributed by atoms with Gasteiger partial charge in [0.1, 0.15) is 11.4 Å².